The van der Waals surface area contributed by atoms with Crippen LogP contribution in [0.4, 0.5) is 0 Å². The van der Waals surface area contributed by atoms with Crippen molar-refractivity contribution in [2.75, 3.05) is 13.2 Å². The van der Waals surface area contributed by atoms with Gasteiger partial charge in [-0.25, -0.2) is 4.79 Å². The highest BCUT2D eigenvalue weighted by molar-refractivity contribution is 5.96. The molecule has 5 nitrogen and oxygen atoms in total. The Morgan fingerprint density at radius 3 is 2.74 bits per heavy atom. The number of carbonyl (C=O) groups is 1. The number of hydrogen-bond acceptors (Lipinski definition) is 3. The van der Waals surface area contributed by atoms with Crippen LogP contribution in [0.2, 0.25) is 0 Å². The first-order chi connectivity index (χ1) is 9.08. The number of aryl methyl sites for hydroxylation is 1. The molecule has 1 aromatic heterocycles. The zero-order valence-electron chi connectivity index (χ0n) is 10.9. The van der Waals surface area contributed by atoms with Gasteiger partial charge in [0.2, 0.25) is 0 Å². The summed E-state index contributed by atoms with van der Waals surface area (Å²) in [6, 6.07) is 3.56. The van der Waals surface area contributed by atoms with E-state index in [1.807, 2.05) is 16.8 Å². The number of aromatic nitrogens is 1. The molecule has 4 N–H and O–H groups in total. The third-order valence-electron chi connectivity index (χ3n) is 3.29. The molecule has 0 amide bonds. The first-order valence-corrected chi connectivity index (χ1v) is 6.25. The minimum atomic E-state index is -0.934. The molecule has 5 heteroatoms. The Morgan fingerprint density at radius 1 is 1.42 bits per heavy atom. The van der Waals surface area contributed by atoms with Crippen LogP contribution in [-0.2, 0) is 13.0 Å². The molecule has 1 aromatic carbocycles. The number of benzene rings is 1. The molecule has 0 aliphatic carbocycles. The van der Waals surface area contributed by atoms with E-state index in [1.54, 1.807) is 13.0 Å². The summed E-state index contributed by atoms with van der Waals surface area (Å²) in [6.45, 7) is 2.79. The number of carboxylic acids is 1. The van der Waals surface area contributed by atoms with E-state index in [-0.39, 0.29) is 6.61 Å². The van der Waals surface area contributed by atoms with E-state index < -0.39 is 5.97 Å². The highest BCUT2D eigenvalue weighted by Crippen LogP contribution is 2.25. The van der Waals surface area contributed by atoms with E-state index >= 15 is 0 Å². The minimum absolute atomic E-state index is 0.0160. The molecule has 0 saturated heterocycles. The van der Waals surface area contributed by atoms with Crippen LogP contribution < -0.4 is 5.73 Å². The Labute approximate surface area is 111 Å². The maximum absolute atomic E-state index is 11.2. The van der Waals surface area contributed by atoms with Gasteiger partial charge in [0.1, 0.15) is 0 Å². The van der Waals surface area contributed by atoms with Crippen molar-refractivity contribution in [1.82, 2.24) is 4.57 Å². The van der Waals surface area contributed by atoms with E-state index in [2.05, 4.69) is 0 Å². The van der Waals surface area contributed by atoms with Gasteiger partial charge in [-0.2, -0.15) is 0 Å². The highest BCUT2D eigenvalue weighted by Gasteiger charge is 2.14. The minimum Gasteiger partial charge on any atom is -0.478 e. The van der Waals surface area contributed by atoms with Crippen molar-refractivity contribution >= 4 is 16.9 Å². The number of aromatic carboxylic acids is 1. The van der Waals surface area contributed by atoms with Gasteiger partial charge in [-0.1, -0.05) is 0 Å². The third-order valence-corrected chi connectivity index (χ3v) is 3.29. The van der Waals surface area contributed by atoms with Crippen molar-refractivity contribution in [3.63, 3.8) is 0 Å². The van der Waals surface area contributed by atoms with Crippen molar-refractivity contribution in [1.29, 1.82) is 0 Å². The van der Waals surface area contributed by atoms with Crippen LogP contribution in [0.3, 0.4) is 0 Å². The van der Waals surface area contributed by atoms with Crippen molar-refractivity contribution < 1.29 is 15.0 Å². The van der Waals surface area contributed by atoms with Crippen LogP contribution in [0.25, 0.3) is 10.9 Å². The number of aliphatic hydroxyl groups excluding tert-OH is 1. The van der Waals surface area contributed by atoms with Crippen molar-refractivity contribution in [3.8, 4) is 0 Å². The molecule has 0 aliphatic rings. The van der Waals surface area contributed by atoms with E-state index in [4.69, 9.17) is 10.8 Å². The summed E-state index contributed by atoms with van der Waals surface area (Å²) >= 11 is 0. The van der Waals surface area contributed by atoms with Gasteiger partial charge in [-0.3, -0.25) is 0 Å². The van der Waals surface area contributed by atoms with Gasteiger partial charge in [0.15, 0.2) is 0 Å². The Kier molecular flexibility index (Phi) is 3.87. The van der Waals surface area contributed by atoms with Crippen molar-refractivity contribution in [2.45, 2.75) is 19.9 Å². The molecular formula is C14H18N2O3. The van der Waals surface area contributed by atoms with Crippen LogP contribution >= 0.6 is 0 Å². The van der Waals surface area contributed by atoms with E-state index in [1.165, 1.54) is 0 Å². The van der Waals surface area contributed by atoms with Gasteiger partial charge in [0.05, 0.1) is 12.2 Å². The Morgan fingerprint density at radius 2 is 2.16 bits per heavy atom. The zero-order chi connectivity index (χ0) is 14.0. The molecule has 19 heavy (non-hydrogen) atoms. The van der Waals surface area contributed by atoms with Gasteiger partial charge < -0.3 is 20.5 Å². The number of nitrogens with zero attached hydrogens (tertiary/aromatic N) is 1. The van der Waals surface area contributed by atoms with Gasteiger partial charge in [0, 0.05) is 23.6 Å². The molecule has 102 valence electrons. The third kappa shape index (κ3) is 2.47. The second-order valence-corrected chi connectivity index (χ2v) is 4.60. The van der Waals surface area contributed by atoms with Crippen LogP contribution in [-0.4, -0.2) is 33.9 Å². The molecule has 0 aliphatic heterocycles. The fraction of sp³-hybridized carbons (Fsp3) is 0.357. The monoisotopic (exact) mass is 262 g/mol. The highest BCUT2D eigenvalue weighted by atomic mass is 16.4. The molecule has 1 heterocycles. The van der Waals surface area contributed by atoms with E-state index in [0.29, 0.717) is 18.7 Å². The summed E-state index contributed by atoms with van der Waals surface area (Å²) in [5, 5.41) is 19.3. The van der Waals surface area contributed by atoms with E-state index in [9.17, 15) is 9.90 Å². The average molecular weight is 262 g/mol. The lowest BCUT2D eigenvalue weighted by Gasteiger charge is -2.05. The largest absolute Gasteiger partial charge is 0.478 e. The molecule has 0 spiro atoms. The second kappa shape index (κ2) is 5.42. The summed E-state index contributed by atoms with van der Waals surface area (Å²) in [4.78, 5) is 11.2. The van der Waals surface area contributed by atoms with Crippen LogP contribution in [0, 0.1) is 6.92 Å². The van der Waals surface area contributed by atoms with Crippen molar-refractivity contribution in [2.24, 2.45) is 5.73 Å². The van der Waals surface area contributed by atoms with Crippen LogP contribution in [0.15, 0.2) is 18.3 Å². The fourth-order valence-electron chi connectivity index (χ4n) is 2.40. The maximum atomic E-state index is 11.2. The number of hydrogen-bond donors (Lipinski definition) is 3. The van der Waals surface area contributed by atoms with Gasteiger partial charge in [-0.05, 0) is 43.1 Å². The molecule has 0 fully saturated rings. The van der Waals surface area contributed by atoms with Gasteiger partial charge in [-0.15, -0.1) is 0 Å². The maximum Gasteiger partial charge on any atom is 0.336 e. The number of rotatable bonds is 5. The number of nitrogens with two attached hydrogens (primary N) is 1. The Balaban J connectivity index is 2.68. The van der Waals surface area contributed by atoms with Gasteiger partial charge in [0.25, 0.3) is 0 Å². The SMILES string of the molecule is Cc1cc2c(CCN)cn(CCO)c2cc1C(=O)O. The number of fused-ring (bicyclic) bond motifs is 1. The predicted octanol–water partition coefficient (Wildman–Crippen LogP) is 1.14. The van der Waals surface area contributed by atoms with E-state index in [0.717, 1.165) is 28.5 Å². The quantitative estimate of drug-likeness (QED) is 0.754. The fourth-order valence-corrected chi connectivity index (χ4v) is 2.40. The first kappa shape index (κ1) is 13.6. The number of carboxylic acid groups (broad SMARTS) is 1. The molecule has 0 bridgehead atoms. The summed E-state index contributed by atoms with van der Waals surface area (Å²) in [6.07, 6.45) is 2.68. The molecule has 0 unspecified atom stereocenters. The second-order valence-electron chi connectivity index (χ2n) is 4.60. The molecular weight excluding hydrogens is 244 g/mol. The lowest BCUT2D eigenvalue weighted by atomic mass is 10.0. The Hall–Kier alpha value is -1.85. The average Bonchev–Trinajstić information content (AvgIpc) is 2.67. The first-order valence-electron chi connectivity index (χ1n) is 6.25. The smallest absolute Gasteiger partial charge is 0.336 e. The lowest BCUT2D eigenvalue weighted by molar-refractivity contribution is 0.0696. The zero-order valence-corrected chi connectivity index (χ0v) is 10.9. The molecule has 0 saturated carbocycles. The predicted molar refractivity (Wildman–Crippen MR) is 73.5 cm³/mol. The summed E-state index contributed by atoms with van der Waals surface area (Å²) in [5.41, 5.74) is 8.55. The van der Waals surface area contributed by atoms with Crippen molar-refractivity contribution in [3.05, 3.63) is 35.0 Å². The molecule has 2 rings (SSSR count). The summed E-state index contributed by atoms with van der Waals surface area (Å²) in [5.74, 6) is -0.934. The summed E-state index contributed by atoms with van der Waals surface area (Å²) < 4.78 is 1.88. The lowest BCUT2D eigenvalue weighted by Crippen LogP contribution is -2.03. The topological polar surface area (TPSA) is 88.5 Å². The normalized spacial score (nSPS) is 11.1. The summed E-state index contributed by atoms with van der Waals surface area (Å²) in [7, 11) is 0. The molecule has 0 radical (unpaired) electrons. The van der Waals surface area contributed by atoms with Crippen LogP contribution in [0.1, 0.15) is 21.5 Å². The van der Waals surface area contributed by atoms with Gasteiger partial charge >= 0.3 is 5.97 Å². The van der Waals surface area contributed by atoms with Crippen LogP contribution in [0.5, 0.6) is 0 Å². The Bertz CT molecular complexity index is 617. The molecule has 2 aromatic rings. The molecule has 0 atom stereocenters. The standard InChI is InChI=1S/C14H18N2O3/c1-9-6-12-10(2-3-15)8-16(4-5-17)13(12)7-11(9)14(18)19/h6-8,17H,2-5,15H2,1H3,(H,18,19). The number of aliphatic hydroxyl groups is 1.